The van der Waals surface area contributed by atoms with Crippen LogP contribution in [0.25, 0.3) is 0 Å². The minimum Gasteiger partial charge on any atom is -0.444 e. The summed E-state index contributed by atoms with van der Waals surface area (Å²) in [7, 11) is 0. The third kappa shape index (κ3) is 5.86. The van der Waals surface area contributed by atoms with E-state index in [9.17, 15) is 23.1 Å². The van der Waals surface area contributed by atoms with Crippen LogP contribution in [0, 0.1) is 5.82 Å². The number of amides is 1. The smallest absolute Gasteiger partial charge is 0.408 e. The number of hydrogen-bond donors (Lipinski definition) is 2. The molecule has 2 N–H and O–H groups in total. The molecule has 1 rings (SSSR count). The molecule has 0 aromatic heterocycles. The number of nitrogens with one attached hydrogen (secondary N) is 1. The number of hydrogen-bond acceptors (Lipinski definition) is 3. The Morgan fingerprint density at radius 2 is 1.85 bits per heavy atom. The lowest BCUT2D eigenvalue weighted by Crippen LogP contribution is -2.44. The lowest BCUT2D eigenvalue weighted by molar-refractivity contribution is -0.184. The van der Waals surface area contributed by atoms with Crippen molar-refractivity contribution in [3.63, 3.8) is 0 Å². The van der Waals surface area contributed by atoms with E-state index in [-0.39, 0.29) is 12.0 Å². The molecule has 0 radical (unpaired) electrons. The third-order valence-corrected chi connectivity index (χ3v) is 4.26. The van der Waals surface area contributed by atoms with Gasteiger partial charge in [0, 0.05) is 5.56 Å². The molecule has 0 bridgehead atoms. The number of aliphatic hydroxyl groups is 1. The molecule has 0 spiro atoms. The maximum absolute atomic E-state index is 14.9. The summed E-state index contributed by atoms with van der Waals surface area (Å²) < 4.78 is 49.7. The zero-order valence-electron chi connectivity index (χ0n) is 16.8. The number of carbonyl (C=O) groups excluding carboxylic acids is 1. The van der Waals surface area contributed by atoms with Crippen molar-refractivity contribution < 1.29 is 27.8 Å². The molecule has 0 saturated carbocycles. The molecule has 0 fully saturated rings. The van der Waals surface area contributed by atoms with Gasteiger partial charge in [-0.05, 0) is 47.1 Å². The van der Waals surface area contributed by atoms with E-state index in [1.165, 1.54) is 19.1 Å². The molecule has 1 aromatic carbocycles. The highest BCUT2D eigenvalue weighted by atomic mass is 19.3. The van der Waals surface area contributed by atoms with Crippen LogP contribution >= 0.6 is 0 Å². The van der Waals surface area contributed by atoms with Crippen molar-refractivity contribution in [3.05, 3.63) is 35.1 Å². The van der Waals surface area contributed by atoms with Gasteiger partial charge in [0.1, 0.15) is 17.0 Å². The third-order valence-electron chi connectivity index (χ3n) is 4.26. The molecule has 1 aromatic rings. The maximum atomic E-state index is 14.9. The number of rotatable bonds is 7. The molecule has 154 valence electrons. The number of benzene rings is 1. The van der Waals surface area contributed by atoms with Gasteiger partial charge in [-0.2, -0.15) is 8.78 Å². The predicted molar refractivity (Wildman–Crippen MR) is 98.2 cm³/mol. The van der Waals surface area contributed by atoms with Gasteiger partial charge in [0.25, 0.3) is 0 Å². The van der Waals surface area contributed by atoms with E-state index in [2.05, 4.69) is 5.32 Å². The van der Waals surface area contributed by atoms with Gasteiger partial charge in [0.2, 0.25) is 0 Å². The van der Waals surface area contributed by atoms with Gasteiger partial charge in [0.15, 0.2) is 0 Å². The van der Waals surface area contributed by atoms with E-state index in [0.717, 1.165) is 13.0 Å². The van der Waals surface area contributed by atoms with Crippen molar-refractivity contribution in [2.75, 3.05) is 0 Å². The second-order valence-electron chi connectivity index (χ2n) is 8.03. The molecule has 0 aliphatic heterocycles. The fraction of sp³-hybridized carbons (Fsp3) is 0.650. The van der Waals surface area contributed by atoms with E-state index >= 15 is 0 Å². The Morgan fingerprint density at radius 1 is 1.26 bits per heavy atom. The molecule has 0 aliphatic carbocycles. The monoisotopic (exact) mass is 389 g/mol. The predicted octanol–water partition coefficient (Wildman–Crippen LogP) is 5.44. The van der Waals surface area contributed by atoms with Crippen LogP contribution < -0.4 is 5.32 Å². The first kappa shape index (κ1) is 23.3. The van der Waals surface area contributed by atoms with Crippen LogP contribution in [-0.2, 0) is 10.7 Å². The molecular formula is C20H30F3NO3. The van der Waals surface area contributed by atoms with E-state index in [0.29, 0.717) is 12.8 Å². The summed E-state index contributed by atoms with van der Waals surface area (Å²) >= 11 is 0. The van der Waals surface area contributed by atoms with Gasteiger partial charge >= 0.3 is 12.0 Å². The van der Waals surface area contributed by atoms with Gasteiger partial charge in [-0.1, -0.05) is 31.9 Å². The van der Waals surface area contributed by atoms with Crippen LogP contribution in [0.3, 0.4) is 0 Å². The molecule has 0 aliphatic rings. The largest absolute Gasteiger partial charge is 0.444 e. The highest BCUT2D eigenvalue weighted by molar-refractivity contribution is 5.68. The molecule has 4 nitrogen and oxygen atoms in total. The first-order valence-electron chi connectivity index (χ1n) is 9.11. The van der Waals surface area contributed by atoms with Gasteiger partial charge in [-0.15, -0.1) is 0 Å². The lowest BCUT2D eigenvalue weighted by atomic mass is 9.86. The zero-order valence-corrected chi connectivity index (χ0v) is 16.8. The SMILES string of the molecule is CCCCC(C)(O)C(F)(F)c1cccc([C@@H](C)NC(=O)OC(C)(C)C)c1F. The molecule has 0 saturated heterocycles. The molecule has 1 unspecified atom stereocenters. The van der Waals surface area contributed by atoms with Crippen molar-refractivity contribution in [3.8, 4) is 0 Å². The Balaban J connectivity index is 3.13. The van der Waals surface area contributed by atoms with Crippen LogP contribution in [0.2, 0.25) is 0 Å². The summed E-state index contributed by atoms with van der Waals surface area (Å²) in [5.41, 5.74) is -4.12. The molecule has 0 heterocycles. The zero-order chi connectivity index (χ0) is 21.0. The van der Waals surface area contributed by atoms with Crippen molar-refractivity contribution >= 4 is 6.09 Å². The van der Waals surface area contributed by atoms with E-state index < -0.39 is 40.6 Å². The molecule has 1 amide bonds. The molecule has 7 heteroatoms. The van der Waals surface area contributed by atoms with Crippen molar-refractivity contribution in [1.29, 1.82) is 0 Å². The number of unbranched alkanes of at least 4 members (excludes halogenated alkanes) is 1. The first-order valence-corrected chi connectivity index (χ1v) is 9.11. The van der Waals surface area contributed by atoms with E-state index in [4.69, 9.17) is 4.74 Å². The second-order valence-corrected chi connectivity index (χ2v) is 8.03. The van der Waals surface area contributed by atoms with Gasteiger partial charge in [0.05, 0.1) is 11.6 Å². The van der Waals surface area contributed by atoms with Crippen molar-refractivity contribution in [2.24, 2.45) is 0 Å². The number of halogens is 3. The fourth-order valence-corrected chi connectivity index (χ4v) is 2.66. The van der Waals surface area contributed by atoms with Crippen LogP contribution in [0.5, 0.6) is 0 Å². The van der Waals surface area contributed by atoms with Crippen molar-refractivity contribution in [2.45, 2.75) is 84.0 Å². The first-order chi connectivity index (χ1) is 12.2. The number of ether oxygens (including phenoxy) is 1. The summed E-state index contributed by atoms with van der Waals surface area (Å²) in [6, 6.07) is 2.67. The number of carbonyl (C=O) groups is 1. The van der Waals surface area contributed by atoms with Crippen LogP contribution in [-0.4, -0.2) is 22.4 Å². The minimum absolute atomic E-state index is 0.107. The summed E-state index contributed by atoms with van der Waals surface area (Å²) in [4.78, 5) is 11.9. The van der Waals surface area contributed by atoms with Crippen LogP contribution in [0.4, 0.5) is 18.0 Å². The Hall–Kier alpha value is -1.76. The number of alkyl halides is 2. The average molecular weight is 389 g/mol. The maximum Gasteiger partial charge on any atom is 0.408 e. The van der Waals surface area contributed by atoms with Crippen LogP contribution in [0.15, 0.2) is 18.2 Å². The normalized spacial score (nSPS) is 15.8. The molecule has 2 atom stereocenters. The van der Waals surface area contributed by atoms with Gasteiger partial charge < -0.3 is 15.2 Å². The lowest BCUT2D eigenvalue weighted by Gasteiger charge is -2.33. The Labute approximate surface area is 159 Å². The quantitative estimate of drug-likeness (QED) is 0.652. The summed E-state index contributed by atoms with van der Waals surface area (Å²) in [5.74, 6) is -4.93. The standard InChI is InChI=1S/C20H30F3NO3/c1-7-8-12-19(6,26)20(22,23)15-11-9-10-14(16(15)21)13(2)24-17(25)27-18(3,4)5/h9-11,13,26H,7-8,12H2,1-6H3,(H,24,25)/t13-,19?/m1/s1. The Bertz CT molecular complexity index is 654. The minimum atomic E-state index is -3.78. The number of alkyl carbamates (subject to hydrolysis) is 1. The second kappa shape index (κ2) is 8.50. The average Bonchev–Trinajstić information content (AvgIpc) is 2.50. The van der Waals surface area contributed by atoms with Crippen LogP contribution in [0.1, 0.15) is 78.0 Å². The topological polar surface area (TPSA) is 58.6 Å². The molecular weight excluding hydrogens is 359 g/mol. The highest BCUT2D eigenvalue weighted by Gasteiger charge is 2.51. The Morgan fingerprint density at radius 3 is 2.37 bits per heavy atom. The highest BCUT2D eigenvalue weighted by Crippen LogP contribution is 2.43. The Kier molecular flexibility index (Phi) is 7.33. The van der Waals surface area contributed by atoms with Gasteiger partial charge in [-0.25, -0.2) is 9.18 Å². The molecule has 27 heavy (non-hydrogen) atoms. The summed E-state index contributed by atoms with van der Waals surface area (Å²) in [6.45, 7) is 9.34. The van der Waals surface area contributed by atoms with E-state index in [1.54, 1.807) is 20.8 Å². The summed E-state index contributed by atoms with van der Waals surface area (Å²) in [6.07, 6.45) is 0.0827. The summed E-state index contributed by atoms with van der Waals surface area (Å²) in [5, 5.41) is 12.7. The fourth-order valence-electron chi connectivity index (χ4n) is 2.66. The van der Waals surface area contributed by atoms with E-state index in [1.807, 2.05) is 6.92 Å². The van der Waals surface area contributed by atoms with Crippen molar-refractivity contribution in [1.82, 2.24) is 5.32 Å². The van der Waals surface area contributed by atoms with Gasteiger partial charge in [-0.3, -0.25) is 0 Å².